The Bertz CT molecular complexity index is 2610. The summed E-state index contributed by atoms with van der Waals surface area (Å²) >= 11 is 1.70. The molecule has 0 fully saturated rings. The van der Waals surface area contributed by atoms with Gasteiger partial charge in [0.15, 0.2) is 0 Å². The fraction of sp³-hybridized carbons (Fsp3) is 0.0227. The standard InChI is InChI=1S/C44H31N3O2S2/c1-30-22-27-41(47-39-19-10-8-17-37(39)46(32-13-4-2-5-14-32)38-18-9-11-20-40(38)47)44-43(30)35(42-21-12-28-50-42)29-36(45-44)31-23-25-34(26-24-31)51(48,49)33-15-6-3-7-16-33/h2-29H,1H3. The first-order chi connectivity index (χ1) is 25.0. The molecule has 0 atom stereocenters. The summed E-state index contributed by atoms with van der Waals surface area (Å²) in [5, 5.41) is 3.18. The van der Waals surface area contributed by atoms with Crippen molar-refractivity contribution in [3.63, 3.8) is 0 Å². The van der Waals surface area contributed by atoms with E-state index in [0.29, 0.717) is 0 Å². The Hall–Kier alpha value is -6.02. The van der Waals surface area contributed by atoms with E-state index in [2.05, 4.69) is 125 Å². The number of sulfone groups is 1. The first kappa shape index (κ1) is 31.0. The predicted octanol–water partition coefficient (Wildman–Crippen LogP) is 12.0. The van der Waals surface area contributed by atoms with E-state index in [4.69, 9.17) is 4.98 Å². The number of fused-ring (bicyclic) bond motifs is 3. The maximum Gasteiger partial charge on any atom is 0.206 e. The fourth-order valence-electron chi connectivity index (χ4n) is 7.05. The molecular formula is C44H31N3O2S2. The summed E-state index contributed by atoms with van der Waals surface area (Å²) in [6.45, 7) is 2.14. The van der Waals surface area contributed by atoms with Crippen LogP contribution in [0.5, 0.6) is 0 Å². The molecule has 7 heteroatoms. The third-order valence-electron chi connectivity index (χ3n) is 9.43. The van der Waals surface area contributed by atoms with Crippen LogP contribution in [0.1, 0.15) is 5.56 Å². The van der Waals surface area contributed by atoms with Gasteiger partial charge in [0.1, 0.15) is 0 Å². The highest BCUT2D eigenvalue weighted by Gasteiger charge is 2.31. The van der Waals surface area contributed by atoms with Crippen LogP contribution < -0.4 is 9.80 Å². The predicted molar refractivity (Wildman–Crippen MR) is 210 cm³/mol. The minimum Gasteiger partial charge on any atom is -0.306 e. The molecule has 2 aromatic heterocycles. The number of para-hydroxylation sites is 5. The Kier molecular flexibility index (Phi) is 7.53. The second-order valence-electron chi connectivity index (χ2n) is 12.5. The Morgan fingerprint density at radius 2 is 1.12 bits per heavy atom. The molecule has 0 spiro atoms. The Balaban J connectivity index is 1.27. The normalized spacial score (nSPS) is 12.5. The summed E-state index contributed by atoms with van der Waals surface area (Å²) in [6, 6.07) is 53.8. The third kappa shape index (κ3) is 5.21. The molecule has 1 aliphatic rings. The molecule has 0 saturated heterocycles. The number of pyridine rings is 1. The molecule has 8 aromatic rings. The number of hydrogen-bond donors (Lipinski definition) is 0. The van der Waals surface area contributed by atoms with Crippen LogP contribution in [0, 0.1) is 6.92 Å². The average molecular weight is 698 g/mol. The molecule has 0 saturated carbocycles. The highest BCUT2D eigenvalue weighted by atomic mass is 32.2. The van der Waals surface area contributed by atoms with Crippen LogP contribution in [0.25, 0.3) is 32.6 Å². The Morgan fingerprint density at radius 1 is 0.549 bits per heavy atom. The summed E-state index contributed by atoms with van der Waals surface area (Å²) < 4.78 is 26.8. The van der Waals surface area contributed by atoms with Crippen LogP contribution in [-0.2, 0) is 9.84 Å². The lowest BCUT2D eigenvalue weighted by molar-refractivity contribution is 0.596. The molecule has 3 heterocycles. The molecule has 6 aromatic carbocycles. The molecule has 1 aliphatic heterocycles. The van der Waals surface area contributed by atoms with Gasteiger partial charge in [-0.05, 0) is 96.7 Å². The first-order valence-electron chi connectivity index (χ1n) is 16.7. The topological polar surface area (TPSA) is 53.5 Å². The monoisotopic (exact) mass is 697 g/mol. The summed E-state index contributed by atoms with van der Waals surface area (Å²) in [5.74, 6) is 0. The summed E-state index contributed by atoms with van der Waals surface area (Å²) in [4.78, 5) is 11.7. The first-order valence-corrected chi connectivity index (χ1v) is 19.1. The van der Waals surface area contributed by atoms with Crippen LogP contribution in [0.2, 0.25) is 0 Å². The molecule has 0 bridgehead atoms. The molecule has 0 N–H and O–H groups in total. The summed E-state index contributed by atoms with van der Waals surface area (Å²) in [7, 11) is -3.65. The lowest BCUT2D eigenvalue weighted by Crippen LogP contribution is -2.24. The van der Waals surface area contributed by atoms with E-state index >= 15 is 0 Å². The van der Waals surface area contributed by atoms with Gasteiger partial charge in [-0.25, -0.2) is 13.4 Å². The number of anilines is 6. The molecule has 5 nitrogen and oxygen atoms in total. The van der Waals surface area contributed by atoms with Crippen LogP contribution >= 0.6 is 11.3 Å². The van der Waals surface area contributed by atoms with E-state index in [1.165, 1.54) is 0 Å². The zero-order valence-corrected chi connectivity index (χ0v) is 29.3. The minimum atomic E-state index is -3.65. The van der Waals surface area contributed by atoms with Crippen molar-refractivity contribution < 1.29 is 8.42 Å². The molecule has 9 rings (SSSR count). The molecule has 51 heavy (non-hydrogen) atoms. The van der Waals surface area contributed by atoms with Crippen molar-refractivity contribution in [3.8, 4) is 21.7 Å². The van der Waals surface area contributed by atoms with Crippen molar-refractivity contribution in [1.82, 2.24) is 4.98 Å². The average Bonchev–Trinajstić information content (AvgIpc) is 3.73. The Labute approximate surface area is 301 Å². The lowest BCUT2D eigenvalue weighted by Gasteiger charge is -2.40. The minimum absolute atomic E-state index is 0.248. The zero-order chi connectivity index (χ0) is 34.5. The SMILES string of the molecule is Cc1ccc(N2c3ccccc3N(c3ccccc3)c3ccccc32)c2nc(-c3ccc(S(=O)(=O)c4ccccc4)cc3)cc(-c3cccs3)c12. The number of thiophene rings is 1. The van der Waals surface area contributed by atoms with Crippen LogP contribution in [-0.4, -0.2) is 13.4 Å². The second kappa shape index (κ2) is 12.4. The van der Waals surface area contributed by atoms with E-state index < -0.39 is 9.84 Å². The van der Waals surface area contributed by atoms with E-state index in [0.717, 1.165) is 72.3 Å². The maximum atomic E-state index is 13.4. The van der Waals surface area contributed by atoms with Gasteiger partial charge in [-0.1, -0.05) is 84.9 Å². The highest BCUT2D eigenvalue weighted by molar-refractivity contribution is 7.91. The summed E-state index contributed by atoms with van der Waals surface area (Å²) in [6.07, 6.45) is 0. The number of hydrogen-bond acceptors (Lipinski definition) is 6. The van der Waals surface area contributed by atoms with E-state index in [9.17, 15) is 8.42 Å². The van der Waals surface area contributed by atoms with Gasteiger partial charge in [0.05, 0.1) is 49.4 Å². The highest BCUT2D eigenvalue weighted by Crippen LogP contribution is 2.55. The second-order valence-corrected chi connectivity index (χ2v) is 15.4. The van der Waals surface area contributed by atoms with Crippen molar-refractivity contribution in [1.29, 1.82) is 0 Å². The molecule has 0 aliphatic carbocycles. The summed E-state index contributed by atoms with van der Waals surface area (Å²) in [5.41, 5.74) is 11.0. The van der Waals surface area contributed by atoms with Crippen molar-refractivity contribution in [3.05, 3.63) is 175 Å². The van der Waals surface area contributed by atoms with Crippen LogP contribution in [0.15, 0.2) is 179 Å². The largest absolute Gasteiger partial charge is 0.306 e. The number of benzene rings is 6. The van der Waals surface area contributed by atoms with Crippen LogP contribution in [0.4, 0.5) is 34.1 Å². The van der Waals surface area contributed by atoms with Gasteiger partial charge in [0.2, 0.25) is 9.84 Å². The fourth-order valence-corrected chi connectivity index (χ4v) is 9.08. The molecule has 0 unspecified atom stereocenters. The van der Waals surface area contributed by atoms with E-state index in [-0.39, 0.29) is 9.79 Å². The zero-order valence-electron chi connectivity index (χ0n) is 27.6. The third-order valence-corrected chi connectivity index (χ3v) is 12.1. The van der Waals surface area contributed by atoms with Gasteiger partial charge < -0.3 is 9.80 Å². The van der Waals surface area contributed by atoms with Gasteiger partial charge in [-0.3, -0.25) is 0 Å². The quantitative estimate of drug-likeness (QED) is 0.173. The van der Waals surface area contributed by atoms with Crippen molar-refractivity contribution in [2.45, 2.75) is 16.7 Å². The van der Waals surface area contributed by atoms with E-state index in [1.807, 2.05) is 24.3 Å². The molecule has 0 radical (unpaired) electrons. The van der Waals surface area contributed by atoms with Crippen molar-refractivity contribution >= 4 is 66.2 Å². The number of nitrogens with zero attached hydrogens (tertiary/aromatic N) is 3. The maximum absolute atomic E-state index is 13.4. The number of aryl methyl sites for hydroxylation is 1. The van der Waals surface area contributed by atoms with Gasteiger partial charge in [0, 0.05) is 27.1 Å². The van der Waals surface area contributed by atoms with Crippen LogP contribution in [0.3, 0.4) is 0 Å². The number of aromatic nitrogens is 1. The smallest absolute Gasteiger partial charge is 0.206 e. The van der Waals surface area contributed by atoms with Gasteiger partial charge >= 0.3 is 0 Å². The lowest BCUT2D eigenvalue weighted by atomic mass is 9.97. The van der Waals surface area contributed by atoms with Crippen molar-refractivity contribution in [2.24, 2.45) is 0 Å². The molecule has 0 amide bonds. The molecule has 246 valence electrons. The van der Waals surface area contributed by atoms with Gasteiger partial charge in [-0.2, -0.15) is 0 Å². The number of rotatable bonds is 6. The Morgan fingerprint density at radius 3 is 1.73 bits per heavy atom. The van der Waals surface area contributed by atoms with Crippen molar-refractivity contribution in [2.75, 3.05) is 9.80 Å². The van der Waals surface area contributed by atoms with E-state index in [1.54, 1.807) is 47.7 Å². The van der Waals surface area contributed by atoms with Gasteiger partial charge in [0.25, 0.3) is 0 Å². The van der Waals surface area contributed by atoms with Gasteiger partial charge in [-0.15, -0.1) is 11.3 Å². The molecular weight excluding hydrogens is 667 g/mol.